The number of para-hydroxylation sites is 1. The van der Waals surface area contributed by atoms with Crippen molar-refractivity contribution in [2.75, 3.05) is 30.4 Å². The normalized spacial score (nSPS) is 11.6. The molecule has 1 aromatic heterocycles. The van der Waals surface area contributed by atoms with Gasteiger partial charge in [-0.2, -0.15) is 0 Å². The van der Waals surface area contributed by atoms with Crippen molar-refractivity contribution in [2.45, 2.75) is 0 Å². The molecule has 0 spiro atoms. The Balaban J connectivity index is 2.23. The maximum atomic E-state index is 11.3. The van der Waals surface area contributed by atoms with Crippen molar-refractivity contribution in [3.8, 4) is 0 Å². The van der Waals surface area contributed by atoms with Crippen LogP contribution in [0.1, 0.15) is 0 Å². The molecule has 0 fully saturated rings. The van der Waals surface area contributed by atoms with Gasteiger partial charge < -0.3 is 11.1 Å². The lowest BCUT2D eigenvalue weighted by atomic mass is 10.1. The monoisotopic (exact) mass is 280 g/mol. The van der Waals surface area contributed by atoms with Crippen molar-refractivity contribution >= 4 is 32.3 Å². The highest BCUT2D eigenvalue weighted by Gasteiger charge is 2.09. The van der Waals surface area contributed by atoms with Gasteiger partial charge in [-0.15, -0.1) is 0 Å². The second kappa shape index (κ2) is 5.41. The number of benzene rings is 1. The molecule has 0 saturated heterocycles. The Morgan fingerprint density at radius 3 is 2.79 bits per heavy atom. The van der Waals surface area contributed by atoms with Gasteiger partial charge in [-0.3, -0.25) is 4.98 Å². The van der Waals surface area contributed by atoms with Gasteiger partial charge in [0.2, 0.25) is 10.0 Å². The fourth-order valence-electron chi connectivity index (χ4n) is 1.77. The number of nitrogen functional groups attached to an aromatic ring is 1. The minimum atomic E-state index is -3.22. The fourth-order valence-corrected chi connectivity index (χ4v) is 2.34. The van der Waals surface area contributed by atoms with Crippen LogP contribution in [0.2, 0.25) is 0 Å². The average Bonchev–Trinajstić information content (AvgIpc) is 2.41. The molecule has 102 valence electrons. The van der Waals surface area contributed by atoms with Crippen LogP contribution < -0.4 is 15.8 Å². The summed E-state index contributed by atoms with van der Waals surface area (Å²) in [5.74, 6) is -0.0143. The minimum Gasteiger partial charge on any atom is -0.396 e. The number of sulfonamides is 1. The molecular formula is C12H16N4O2S. The molecule has 6 nitrogen and oxygen atoms in total. The summed E-state index contributed by atoms with van der Waals surface area (Å²) in [7, 11) is -1.83. The van der Waals surface area contributed by atoms with Crippen LogP contribution in [0, 0.1) is 0 Å². The first kappa shape index (κ1) is 13.6. The maximum absolute atomic E-state index is 11.3. The summed E-state index contributed by atoms with van der Waals surface area (Å²) < 4.78 is 25.0. The molecule has 1 aromatic carbocycles. The van der Waals surface area contributed by atoms with E-state index in [0.717, 1.165) is 16.6 Å². The number of hydrogen-bond acceptors (Lipinski definition) is 5. The first-order valence-electron chi connectivity index (χ1n) is 5.82. The van der Waals surface area contributed by atoms with Crippen LogP contribution in [0.4, 0.5) is 11.4 Å². The third-order valence-electron chi connectivity index (χ3n) is 2.79. The summed E-state index contributed by atoms with van der Waals surface area (Å²) in [5, 5.41) is 3.94. The second-order valence-electron chi connectivity index (χ2n) is 4.06. The predicted octanol–water partition coefficient (Wildman–Crippen LogP) is 0.778. The Kier molecular flexibility index (Phi) is 3.87. The molecule has 0 amide bonds. The third-order valence-corrected chi connectivity index (χ3v) is 4.15. The molecule has 1 heterocycles. The lowest BCUT2D eigenvalue weighted by Crippen LogP contribution is -2.26. The number of nitrogens with one attached hydrogen (secondary N) is 2. The van der Waals surface area contributed by atoms with Crippen LogP contribution in [0.15, 0.2) is 30.5 Å². The molecule has 2 rings (SSSR count). The van der Waals surface area contributed by atoms with E-state index < -0.39 is 10.0 Å². The van der Waals surface area contributed by atoms with Gasteiger partial charge in [-0.1, -0.05) is 18.2 Å². The molecule has 0 radical (unpaired) electrons. The number of nitrogens with two attached hydrogens (primary N) is 1. The SMILES string of the molecule is CNS(=O)(=O)CCNc1c(N)cnc2ccccc12. The smallest absolute Gasteiger partial charge is 0.213 e. The van der Waals surface area contributed by atoms with Crippen LogP contribution in [-0.4, -0.2) is 32.7 Å². The summed E-state index contributed by atoms with van der Waals surface area (Å²) in [4.78, 5) is 4.22. The van der Waals surface area contributed by atoms with Crippen LogP contribution >= 0.6 is 0 Å². The van der Waals surface area contributed by atoms with Crippen molar-refractivity contribution in [3.63, 3.8) is 0 Å². The van der Waals surface area contributed by atoms with E-state index in [1.165, 1.54) is 7.05 Å². The van der Waals surface area contributed by atoms with Gasteiger partial charge in [-0.25, -0.2) is 13.1 Å². The van der Waals surface area contributed by atoms with Crippen molar-refractivity contribution < 1.29 is 8.42 Å². The average molecular weight is 280 g/mol. The number of pyridine rings is 1. The molecule has 0 unspecified atom stereocenters. The van der Waals surface area contributed by atoms with Gasteiger partial charge in [0.15, 0.2) is 0 Å². The number of anilines is 2. The molecule has 7 heteroatoms. The predicted molar refractivity (Wildman–Crippen MR) is 77.5 cm³/mol. The van der Waals surface area contributed by atoms with E-state index in [1.807, 2.05) is 24.3 Å². The zero-order valence-corrected chi connectivity index (χ0v) is 11.4. The third kappa shape index (κ3) is 3.12. The number of hydrogen-bond donors (Lipinski definition) is 3. The highest BCUT2D eigenvalue weighted by Crippen LogP contribution is 2.27. The molecule has 0 saturated carbocycles. The number of aromatic nitrogens is 1. The Labute approximate surface area is 112 Å². The zero-order valence-electron chi connectivity index (χ0n) is 10.6. The standard InChI is InChI=1S/C12H16N4O2S/c1-14-19(17,18)7-6-15-12-9-4-2-3-5-11(9)16-8-10(12)13/h2-5,8,14H,6-7,13H2,1H3,(H,15,16). The Morgan fingerprint density at radius 2 is 2.05 bits per heavy atom. The number of nitrogens with zero attached hydrogens (tertiary/aromatic N) is 1. The van der Waals surface area contributed by atoms with Gasteiger partial charge in [0, 0.05) is 11.9 Å². The van der Waals surface area contributed by atoms with E-state index in [-0.39, 0.29) is 12.3 Å². The van der Waals surface area contributed by atoms with E-state index in [2.05, 4.69) is 15.0 Å². The highest BCUT2D eigenvalue weighted by atomic mass is 32.2. The van der Waals surface area contributed by atoms with Crippen LogP contribution in [-0.2, 0) is 10.0 Å². The largest absolute Gasteiger partial charge is 0.396 e. The van der Waals surface area contributed by atoms with E-state index in [1.54, 1.807) is 6.20 Å². The lowest BCUT2D eigenvalue weighted by molar-refractivity contribution is 0.588. The van der Waals surface area contributed by atoms with E-state index in [0.29, 0.717) is 5.69 Å². The van der Waals surface area contributed by atoms with Crippen LogP contribution in [0.25, 0.3) is 10.9 Å². The Morgan fingerprint density at radius 1 is 1.32 bits per heavy atom. The summed E-state index contributed by atoms with van der Waals surface area (Å²) in [6.45, 7) is 0.279. The van der Waals surface area contributed by atoms with E-state index >= 15 is 0 Å². The molecule has 0 atom stereocenters. The van der Waals surface area contributed by atoms with Gasteiger partial charge >= 0.3 is 0 Å². The number of fused-ring (bicyclic) bond motifs is 1. The molecule has 4 N–H and O–H groups in total. The van der Waals surface area contributed by atoms with Gasteiger partial charge in [-0.05, 0) is 13.1 Å². The maximum Gasteiger partial charge on any atom is 0.213 e. The minimum absolute atomic E-state index is 0.0143. The molecule has 0 bridgehead atoms. The van der Waals surface area contributed by atoms with Crippen molar-refractivity contribution in [3.05, 3.63) is 30.5 Å². The van der Waals surface area contributed by atoms with Crippen molar-refractivity contribution in [1.29, 1.82) is 0 Å². The molecular weight excluding hydrogens is 264 g/mol. The van der Waals surface area contributed by atoms with Crippen LogP contribution in [0.5, 0.6) is 0 Å². The Hall–Kier alpha value is -1.86. The zero-order chi connectivity index (χ0) is 13.9. The number of rotatable bonds is 5. The van der Waals surface area contributed by atoms with E-state index in [9.17, 15) is 8.42 Å². The Bertz CT molecular complexity index is 685. The first-order chi connectivity index (χ1) is 9.03. The second-order valence-corrected chi connectivity index (χ2v) is 6.10. The van der Waals surface area contributed by atoms with Crippen LogP contribution in [0.3, 0.4) is 0 Å². The highest BCUT2D eigenvalue weighted by molar-refractivity contribution is 7.89. The summed E-state index contributed by atoms with van der Waals surface area (Å²) >= 11 is 0. The lowest BCUT2D eigenvalue weighted by Gasteiger charge is -2.12. The van der Waals surface area contributed by atoms with Gasteiger partial charge in [0.05, 0.1) is 28.8 Å². The fraction of sp³-hybridized carbons (Fsp3) is 0.250. The van der Waals surface area contributed by atoms with Gasteiger partial charge in [0.25, 0.3) is 0 Å². The molecule has 0 aliphatic rings. The molecule has 0 aliphatic carbocycles. The van der Waals surface area contributed by atoms with Crippen molar-refractivity contribution in [2.24, 2.45) is 0 Å². The topological polar surface area (TPSA) is 97.1 Å². The summed E-state index contributed by atoms with van der Waals surface area (Å²) in [6, 6.07) is 7.55. The summed E-state index contributed by atoms with van der Waals surface area (Å²) in [5.41, 5.74) is 7.91. The quantitative estimate of drug-likeness (QED) is 0.752. The molecule has 0 aliphatic heterocycles. The summed E-state index contributed by atoms with van der Waals surface area (Å²) in [6.07, 6.45) is 1.57. The van der Waals surface area contributed by atoms with Crippen molar-refractivity contribution in [1.82, 2.24) is 9.71 Å². The molecule has 2 aromatic rings. The van der Waals surface area contributed by atoms with E-state index in [4.69, 9.17) is 5.73 Å². The van der Waals surface area contributed by atoms with Gasteiger partial charge in [0.1, 0.15) is 0 Å². The molecule has 19 heavy (non-hydrogen) atoms. The first-order valence-corrected chi connectivity index (χ1v) is 7.47.